The fourth-order valence-electron chi connectivity index (χ4n) is 6.87. The van der Waals surface area contributed by atoms with Crippen molar-refractivity contribution in [1.82, 2.24) is 4.98 Å². The summed E-state index contributed by atoms with van der Waals surface area (Å²) in [6, 6.07) is 65.3. The zero-order valence-electron chi connectivity index (χ0n) is 34.3. The highest BCUT2D eigenvalue weighted by Gasteiger charge is 2.35. The second-order valence-corrected chi connectivity index (χ2v) is 16.3. The van der Waals surface area contributed by atoms with E-state index in [0.29, 0.717) is 11.5 Å². The predicted molar refractivity (Wildman–Crippen MR) is 258 cm³/mol. The molecule has 8 rings (SSSR count). The molecule has 7 nitrogen and oxygen atoms in total. The van der Waals surface area contributed by atoms with E-state index in [4.69, 9.17) is 15.0 Å². The number of fused-ring (bicyclic) bond motifs is 2. The van der Waals surface area contributed by atoms with Crippen molar-refractivity contribution in [2.45, 2.75) is 25.4 Å². The molecular formula is C51H47N7S2. The summed E-state index contributed by atoms with van der Waals surface area (Å²) < 4.78 is 0. The molecule has 0 saturated carbocycles. The summed E-state index contributed by atoms with van der Waals surface area (Å²) in [5.41, 5.74) is 9.89. The number of amidine groups is 2. The molecule has 0 unspecified atom stereocenters. The van der Waals surface area contributed by atoms with Gasteiger partial charge in [0.25, 0.3) is 0 Å². The number of hydrogen-bond donors (Lipinski definition) is 0. The largest absolute Gasteiger partial charge is 0.327 e. The summed E-state index contributed by atoms with van der Waals surface area (Å²) in [5, 5.41) is 1.57. The number of pyridine rings is 1. The van der Waals surface area contributed by atoms with Gasteiger partial charge in [-0.25, -0.2) is 9.98 Å². The fraction of sp³-hybridized carbons (Fsp3) is 0.118. The molecule has 9 heteroatoms. The van der Waals surface area contributed by atoms with E-state index in [0.717, 1.165) is 67.5 Å². The van der Waals surface area contributed by atoms with Gasteiger partial charge in [0.05, 0.1) is 22.8 Å². The van der Waals surface area contributed by atoms with Crippen LogP contribution in [-0.4, -0.2) is 29.4 Å². The number of anilines is 4. The Balaban J connectivity index is 1.56. The average molecular weight is 822 g/mol. The normalized spacial score (nSPS) is 16.2. The van der Waals surface area contributed by atoms with Crippen molar-refractivity contribution in [2.24, 2.45) is 9.98 Å². The maximum atomic E-state index is 5.52. The minimum atomic E-state index is 0.603. The van der Waals surface area contributed by atoms with Crippen LogP contribution in [0, 0.1) is 13.8 Å². The van der Waals surface area contributed by atoms with Crippen LogP contribution < -0.4 is 19.6 Å². The fourth-order valence-corrected chi connectivity index (χ4v) is 8.73. The number of aryl methyl sites for hydroxylation is 2. The molecule has 6 aromatic carbocycles. The number of thioether (sulfide) groups is 2. The molecule has 1 aliphatic heterocycles. The molecule has 0 fully saturated rings. The summed E-state index contributed by atoms with van der Waals surface area (Å²) in [7, 11) is 4.29. The first-order valence-corrected chi connectivity index (χ1v) is 21.9. The standard InChI is InChI=1S/C51H47N7S2/c1-38-28-32-46(33-29-38)57-48(55(3)44-24-13-7-14-25-44)49(56(4)45-26-15-8-16-27-45)58(47-34-30-39(2)31-35-47)51(54-41-20-11-6-12-21-41)60-37-43-23-17-22-42(52-43)36-59-50(57)53-40-18-9-5-10-19-40/h5-35H,36-37H2,1-4H3/b49-48-,53-50?,54-51?. The van der Waals surface area contributed by atoms with E-state index in [9.17, 15) is 0 Å². The Morgan fingerprint density at radius 1 is 0.433 bits per heavy atom. The molecular weight excluding hydrogens is 775 g/mol. The van der Waals surface area contributed by atoms with Gasteiger partial charge in [0.1, 0.15) is 0 Å². The Morgan fingerprint density at radius 3 is 1.15 bits per heavy atom. The molecule has 1 aliphatic rings. The molecule has 2 heterocycles. The van der Waals surface area contributed by atoms with Crippen molar-refractivity contribution in [3.05, 3.63) is 222 Å². The van der Waals surface area contributed by atoms with Crippen LogP contribution in [-0.2, 0) is 11.5 Å². The van der Waals surface area contributed by atoms with E-state index >= 15 is 0 Å². The zero-order chi connectivity index (χ0) is 41.3. The lowest BCUT2D eigenvalue weighted by Gasteiger charge is -2.42. The topological polar surface area (TPSA) is 50.6 Å². The first-order valence-electron chi connectivity index (χ1n) is 19.9. The molecule has 2 bridgehead atoms. The van der Waals surface area contributed by atoms with E-state index in [1.54, 1.807) is 23.5 Å². The molecule has 0 amide bonds. The van der Waals surface area contributed by atoms with E-state index in [2.05, 4.69) is 199 Å². The van der Waals surface area contributed by atoms with E-state index in [1.807, 2.05) is 36.4 Å². The van der Waals surface area contributed by atoms with E-state index in [-0.39, 0.29) is 0 Å². The van der Waals surface area contributed by atoms with Gasteiger partial charge in [-0.3, -0.25) is 14.8 Å². The Bertz CT molecular complexity index is 2400. The zero-order valence-corrected chi connectivity index (χ0v) is 35.9. The van der Waals surface area contributed by atoms with Crippen molar-refractivity contribution in [1.29, 1.82) is 0 Å². The first-order chi connectivity index (χ1) is 29.4. The number of rotatable bonds is 8. The van der Waals surface area contributed by atoms with Crippen molar-refractivity contribution in [3.63, 3.8) is 0 Å². The number of aliphatic imine (C=N–C) groups is 2. The maximum absolute atomic E-state index is 5.52. The monoisotopic (exact) mass is 821 g/mol. The van der Waals surface area contributed by atoms with Gasteiger partial charge in [-0.1, -0.05) is 138 Å². The Hall–Kier alpha value is -6.55. The summed E-state index contributed by atoms with van der Waals surface area (Å²) in [6.07, 6.45) is 0. The number of nitrogens with zero attached hydrogens (tertiary/aromatic N) is 7. The third-order valence-electron chi connectivity index (χ3n) is 10.0. The van der Waals surface area contributed by atoms with Crippen molar-refractivity contribution in [3.8, 4) is 0 Å². The molecule has 60 heavy (non-hydrogen) atoms. The molecule has 1 aromatic heterocycles. The minimum Gasteiger partial charge on any atom is -0.327 e. The van der Waals surface area contributed by atoms with Crippen LogP contribution >= 0.6 is 23.5 Å². The molecule has 0 radical (unpaired) electrons. The number of benzene rings is 6. The summed E-state index contributed by atoms with van der Waals surface area (Å²) in [6.45, 7) is 4.25. The first kappa shape index (κ1) is 40.2. The second-order valence-electron chi connectivity index (χ2n) is 14.4. The van der Waals surface area contributed by atoms with Crippen molar-refractivity contribution < 1.29 is 0 Å². The van der Waals surface area contributed by atoms with Gasteiger partial charge >= 0.3 is 0 Å². The van der Waals surface area contributed by atoms with E-state index < -0.39 is 0 Å². The van der Waals surface area contributed by atoms with Gasteiger partial charge in [-0.15, -0.1) is 0 Å². The number of hydrogen-bond acceptors (Lipinski definition) is 7. The Kier molecular flexibility index (Phi) is 12.8. The van der Waals surface area contributed by atoms with Gasteiger partial charge < -0.3 is 9.80 Å². The molecule has 0 spiro atoms. The smallest absolute Gasteiger partial charge is 0.175 e. The van der Waals surface area contributed by atoms with Crippen LogP contribution in [0.3, 0.4) is 0 Å². The molecule has 0 N–H and O–H groups in total. The summed E-state index contributed by atoms with van der Waals surface area (Å²) in [5.74, 6) is 2.93. The van der Waals surface area contributed by atoms with Gasteiger partial charge in [0.15, 0.2) is 22.0 Å². The van der Waals surface area contributed by atoms with Gasteiger partial charge in [-0.05, 0) is 98.8 Å². The second kappa shape index (κ2) is 19.0. The Labute approximate surface area is 362 Å². The third-order valence-corrected chi connectivity index (χ3v) is 12.0. The van der Waals surface area contributed by atoms with Crippen LogP contribution in [0.2, 0.25) is 0 Å². The number of para-hydroxylation sites is 4. The molecule has 298 valence electrons. The quantitative estimate of drug-likeness (QED) is 0.151. The summed E-state index contributed by atoms with van der Waals surface area (Å²) in [4.78, 5) is 25.4. The Morgan fingerprint density at radius 2 is 0.783 bits per heavy atom. The van der Waals surface area contributed by atoms with Crippen molar-refractivity contribution >= 4 is 68.0 Å². The van der Waals surface area contributed by atoms with Crippen LogP contribution in [0.5, 0.6) is 0 Å². The van der Waals surface area contributed by atoms with Crippen LogP contribution in [0.15, 0.2) is 210 Å². The molecule has 0 atom stereocenters. The molecule has 0 saturated heterocycles. The highest BCUT2D eigenvalue weighted by Crippen LogP contribution is 2.39. The predicted octanol–water partition coefficient (Wildman–Crippen LogP) is 13.0. The lowest BCUT2D eigenvalue weighted by molar-refractivity contribution is 0.924. The summed E-state index contributed by atoms with van der Waals surface area (Å²) >= 11 is 3.35. The van der Waals surface area contributed by atoms with Gasteiger partial charge in [0, 0.05) is 48.4 Å². The van der Waals surface area contributed by atoms with Crippen LogP contribution in [0.1, 0.15) is 22.5 Å². The molecule has 7 aromatic rings. The van der Waals surface area contributed by atoms with Crippen molar-refractivity contribution in [2.75, 3.05) is 33.7 Å². The third kappa shape index (κ3) is 9.49. The lowest BCUT2D eigenvalue weighted by atomic mass is 10.2. The highest BCUT2D eigenvalue weighted by atomic mass is 32.2. The molecule has 0 aliphatic carbocycles. The SMILES string of the molecule is Cc1ccc(N2C(=Nc3ccccc3)SCc3cccc(n3)CSC(=Nc3ccccc3)N(c3ccc(C)cc3)/C(N(C)c3ccccc3)=C\2N(C)c2ccccc2)cc1. The van der Waals surface area contributed by atoms with Crippen LogP contribution in [0.4, 0.5) is 34.1 Å². The maximum Gasteiger partial charge on any atom is 0.175 e. The van der Waals surface area contributed by atoms with Gasteiger partial charge in [0.2, 0.25) is 0 Å². The van der Waals surface area contributed by atoms with Gasteiger partial charge in [-0.2, -0.15) is 0 Å². The minimum absolute atomic E-state index is 0.603. The van der Waals surface area contributed by atoms with Crippen LogP contribution in [0.25, 0.3) is 0 Å². The lowest BCUT2D eigenvalue weighted by Crippen LogP contribution is -2.46. The highest BCUT2D eigenvalue weighted by molar-refractivity contribution is 8.13. The average Bonchev–Trinajstić information content (AvgIpc) is 3.30. The van der Waals surface area contributed by atoms with E-state index in [1.165, 1.54) is 11.1 Å². The number of aromatic nitrogens is 1.